The molecule has 2 N–H and O–H groups in total. The van der Waals surface area contributed by atoms with Crippen LogP contribution in [0.25, 0.3) is 0 Å². The molecule has 2 heterocycles. The van der Waals surface area contributed by atoms with Gasteiger partial charge in [-0.2, -0.15) is 0 Å². The van der Waals surface area contributed by atoms with Crippen molar-refractivity contribution in [1.29, 1.82) is 0 Å². The quantitative estimate of drug-likeness (QED) is 0.846. The molecule has 2 aliphatic heterocycles. The molecule has 3 rings (SSSR count). The van der Waals surface area contributed by atoms with Crippen LogP contribution >= 0.6 is 0 Å². The van der Waals surface area contributed by atoms with Crippen LogP contribution in [0, 0.1) is 23.2 Å². The van der Waals surface area contributed by atoms with Gasteiger partial charge < -0.3 is 15.2 Å². The van der Waals surface area contributed by atoms with E-state index < -0.39 is 0 Å². The number of rotatable bonds is 2. The molecule has 0 bridgehead atoms. The van der Waals surface area contributed by atoms with Gasteiger partial charge in [0.25, 0.3) is 0 Å². The summed E-state index contributed by atoms with van der Waals surface area (Å²) in [5.74, 6) is 2.31. The van der Waals surface area contributed by atoms with Crippen LogP contribution in [0.5, 0.6) is 0 Å². The Morgan fingerprint density at radius 2 is 1.95 bits per heavy atom. The fourth-order valence-corrected chi connectivity index (χ4v) is 4.84. The molecule has 3 aliphatic rings. The topological polar surface area (TPSA) is 44.5 Å². The average molecular weight is 281 g/mol. The van der Waals surface area contributed by atoms with Crippen LogP contribution in [-0.4, -0.2) is 32.0 Å². The highest BCUT2D eigenvalue weighted by Gasteiger charge is 2.46. The zero-order valence-corrected chi connectivity index (χ0v) is 13.2. The van der Waals surface area contributed by atoms with Gasteiger partial charge in [0.1, 0.15) is 0 Å². The Balaban J connectivity index is 1.72. The Bertz CT molecular complexity index is 336. The van der Waals surface area contributed by atoms with Crippen molar-refractivity contribution in [3.05, 3.63) is 0 Å². The first-order valence-electron chi connectivity index (χ1n) is 8.45. The molecule has 1 aliphatic carbocycles. The Kier molecular flexibility index (Phi) is 4.13. The van der Waals surface area contributed by atoms with Gasteiger partial charge in [0.15, 0.2) is 0 Å². The fourth-order valence-electron chi connectivity index (χ4n) is 4.84. The highest BCUT2D eigenvalue weighted by molar-refractivity contribution is 4.96. The van der Waals surface area contributed by atoms with Crippen LogP contribution in [0.2, 0.25) is 0 Å². The summed E-state index contributed by atoms with van der Waals surface area (Å²) >= 11 is 0. The standard InChI is InChI=1S/C17H31NO2/c1-16(2)5-3-14(11-18)15(10-16)13-4-7-20-17(9-13)6-8-19-12-17/h13-15H,3-12,18H2,1-2H3. The zero-order chi connectivity index (χ0) is 14.2. The van der Waals surface area contributed by atoms with Gasteiger partial charge in [-0.25, -0.2) is 0 Å². The van der Waals surface area contributed by atoms with E-state index in [9.17, 15) is 0 Å². The smallest absolute Gasteiger partial charge is 0.0939 e. The van der Waals surface area contributed by atoms with Gasteiger partial charge in [0, 0.05) is 19.6 Å². The maximum atomic E-state index is 6.11. The predicted molar refractivity (Wildman–Crippen MR) is 80.5 cm³/mol. The zero-order valence-electron chi connectivity index (χ0n) is 13.2. The minimum Gasteiger partial charge on any atom is -0.378 e. The molecule has 0 amide bonds. The Morgan fingerprint density at radius 3 is 2.65 bits per heavy atom. The minimum atomic E-state index is 0.0453. The average Bonchev–Trinajstić information content (AvgIpc) is 2.86. The van der Waals surface area contributed by atoms with Gasteiger partial charge in [-0.05, 0) is 61.8 Å². The molecule has 0 aromatic carbocycles. The Morgan fingerprint density at radius 1 is 1.10 bits per heavy atom. The molecule has 0 aromatic rings. The second kappa shape index (κ2) is 5.58. The predicted octanol–water partition coefficient (Wildman–Crippen LogP) is 2.97. The molecule has 3 fully saturated rings. The summed E-state index contributed by atoms with van der Waals surface area (Å²) in [6, 6.07) is 0. The van der Waals surface area contributed by atoms with Gasteiger partial charge in [-0.1, -0.05) is 13.8 Å². The second-order valence-electron chi connectivity index (χ2n) is 8.15. The number of hydrogen-bond donors (Lipinski definition) is 1. The lowest BCUT2D eigenvalue weighted by molar-refractivity contribution is -0.116. The first-order chi connectivity index (χ1) is 9.54. The summed E-state index contributed by atoms with van der Waals surface area (Å²) in [6.45, 7) is 8.33. The molecule has 2 saturated heterocycles. The maximum absolute atomic E-state index is 6.11. The number of ether oxygens (including phenoxy) is 2. The molecule has 0 aromatic heterocycles. The van der Waals surface area contributed by atoms with Crippen LogP contribution < -0.4 is 5.73 Å². The molecule has 3 nitrogen and oxygen atoms in total. The molecule has 0 radical (unpaired) electrons. The van der Waals surface area contributed by atoms with Crippen molar-refractivity contribution < 1.29 is 9.47 Å². The number of nitrogens with two attached hydrogens (primary N) is 1. The summed E-state index contributed by atoms with van der Waals surface area (Å²) in [4.78, 5) is 0. The molecule has 20 heavy (non-hydrogen) atoms. The van der Waals surface area contributed by atoms with Gasteiger partial charge >= 0.3 is 0 Å². The van der Waals surface area contributed by atoms with E-state index in [1.54, 1.807) is 0 Å². The van der Waals surface area contributed by atoms with Crippen molar-refractivity contribution in [1.82, 2.24) is 0 Å². The van der Waals surface area contributed by atoms with Crippen molar-refractivity contribution in [2.45, 2.75) is 58.0 Å². The highest BCUT2D eigenvalue weighted by Crippen LogP contribution is 2.49. The van der Waals surface area contributed by atoms with Crippen LogP contribution in [0.1, 0.15) is 52.4 Å². The molecule has 3 heteroatoms. The van der Waals surface area contributed by atoms with E-state index in [-0.39, 0.29) is 5.60 Å². The van der Waals surface area contributed by atoms with Gasteiger partial charge in [0.05, 0.1) is 12.2 Å². The molecule has 1 saturated carbocycles. The van der Waals surface area contributed by atoms with E-state index in [1.807, 2.05) is 0 Å². The SMILES string of the molecule is CC1(C)CCC(CN)C(C2CCOC3(CCOC3)C2)C1. The first kappa shape index (κ1) is 14.8. The molecular weight excluding hydrogens is 250 g/mol. The van der Waals surface area contributed by atoms with Crippen molar-refractivity contribution in [3.8, 4) is 0 Å². The lowest BCUT2D eigenvalue weighted by Crippen LogP contribution is -2.46. The van der Waals surface area contributed by atoms with Gasteiger partial charge in [0.2, 0.25) is 0 Å². The molecular formula is C17H31NO2. The van der Waals surface area contributed by atoms with Crippen molar-refractivity contribution in [3.63, 3.8) is 0 Å². The first-order valence-corrected chi connectivity index (χ1v) is 8.45. The lowest BCUT2D eigenvalue weighted by atomic mass is 9.61. The summed E-state index contributed by atoms with van der Waals surface area (Å²) in [6.07, 6.45) is 7.50. The lowest BCUT2D eigenvalue weighted by Gasteiger charge is -2.48. The summed E-state index contributed by atoms with van der Waals surface area (Å²) in [5, 5.41) is 0. The van der Waals surface area contributed by atoms with Crippen molar-refractivity contribution in [2.24, 2.45) is 28.9 Å². The second-order valence-corrected chi connectivity index (χ2v) is 8.15. The summed E-state index contributed by atoms with van der Waals surface area (Å²) in [5.41, 5.74) is 6.62. The normalized spacial score (nSPS) is 44.9. The minimum absolute atomic E-state index is 0.0453. The summed E-state index contributed by atoms with van der Waals surface area (Å²) in [7, 11) is 0. The maximum Gasteiger partial charge on any atom is 0.0939 e. The molecule has 4 atom stereocenters. The Hall–Kier alpha value is -0.120. The highest BCUT2D eigenvalue weighted by atomic mass is 16.6. The molecule has 4 unspecified atom stereocenters. The monoisotopic (exact) mass is 281 g/mol. The van der Waals surface area contributed by atoms with Gasteiger partial charge in [-0.15, -0.1) is 0 Å². The van der Waals surface area contributed by atoms with E-state index in [1.165, 1.54) is 32.1 Å². The van der Waals surface area contributed by atoms with Gasteiger partial charge in [-0.3, -0.25) is 0 Å². The van der Waals surface area contributed by atoms with E-state index >= 15 is 0 Å². The van der Waals surface area contributed by atoms with Crippen LogP contribution in [0.15, 0.2) is 0 Å². The van der Waals surface area contributed by atoms with E-state index in [0.717, 1.165) is 50.5 Å². The fraction of sp³-hybridized carbons (Fsp3) is 1.00. The van der Waals surface area contributed by atoms with Crippen LogP contribution in [-0.2, 0) is 9.47 Å². The summed E-state index contributed by atoms with van der Waals surface area (Å²) < 4.78 is 11.7. The third-order valence-corrected chi connectivity index (χ3v) is 6.09. The van der Waals surface area contributed by atoms with Crippen LogP contribution in [0.3, 0.4) is 0 Å². The van der Waals surface area contributed by atoms with Crippen molar-refractivity contribution >= 4 is 0 Å². The molecule has 116 valence electrons. The third-order valence-electron chi connectivity index (χ3n) is 6.09. The third kappa shape index (κ3) is 2.90. The molecule has 1 spiro atoms. The van der Waals surface area contributed by atoms with Crippen LogP contribution in [0.4, 0.5) is 0 Å². The number of hydrogen-bond acceptors (Lipinski definition) is 3. The van der Waals surface area contributed by atoms with E-state index in [4.69, 9.17) is 15.2 Å². The van der Waals surface area contributed by atoms with E-state index in [0.29, 0.717) is 5.41 Å². The Labute approximate surface area is 123 Å². The van der Waals surface area contributed by atoms with Crippen molar-refractivity contribution in [2.75, 3.05) is 26.4 Å². The largest absolute Gasteiger partial charge is 0.378 e. The van der Waals surface area contributed by atoms with E-state index in [2.05, 4.69) is 13.8 Å².